The molecule has 0 aromatic carbocycles. The smallest absolute Gasteiger partial charge is 0.326 e. The molecule has 90 valence electrons. The number of amides is 1. The van der Waals surface area contributed by atoms with E-state index in [1.54, 1.807) is 13.0 Å². The lowest BCUT2D eigenvalue weighted by atomic mass is 10.1. The van der Waals surface area contributed by atoms with E-state index in [1.807, 2.05) is 6.92 Å². The van der Waals surface area contributed by atoms with Crippen molar-refractivity contribution < 1.29 is 24.6 Å². The number of carboxylic acids is 2. The molecule has 0 saturated heterocycles. The molecular weight excluding hydrogens is 214 g/mol. The van der Waals surface area contributed by atoms with Gasteiger partial charge in [-0.25, -0.2) is 4.79 Å². The number of nitrogens with one attached hydrogen (secondary N) is 1. The minimum atomic E-state index is -1.40. The van der Waals surface area contributed by atoms with Gasteiger partial charge in [-0.3, -0.25) is 9.59 Å². The van der Waals surface area contributed by atoms with Crippen LogP contribution in [0.15, 0.2) is 11.6 Å². The maximum atomic E-state index is 11.4. The fourth-order valence-corrected chi connectivity index (χ4v) is 1.05. The van der Waals surface area contributed by atoms with Crippen LogP contribution in [0, 0.1) is 0 Å². The van der Waals surface area contributed by atoms with Crippen LogP contribution < -0.4 is 5.32 Å². The van der Waals surface area contributed by atoms with Crippen LogP contribution in [0.3, 0.4) is 0 Å². The van der Waals surface area contributed by atoms with E-state index in [4.69, 9.17) is 10.2 Å². The van der Waals surface area contributed by atoms with Crippen molar-refractivity contribution in [2.45, 2.75) is 32.7 Å². The normalized spacial score (nSPS) is 13.0. The first kappa shape index (κ1) is 14.2. The van der Waals surface area contributed by atoms with Crippen LogP contribution in [-0.4, -0.2) is 34.1 Å². The van der Waals surface area contributed by atoms with Crippen molar-refractivity contribution in [3.05, 3.63) is 11.6 Å². The summed E-state index contributed by atoms with van der Waals surface area (Å²) < 4.78 is 0. The zero-order chi connectivity index (χ0) is 12.7. The third kappa shape index (κ3) is 5.14. The van der Waals surface area contributed by atoms with Gasteiger partial charge in [-0.2, -0.15) is 0 Å². The summed E-state index contributed by atoms with van der Waals surface area (Å²) in [5, 5.41) is 19.3. The fourth-order valence-electron chi connectivity index (χ4n) is 1.05. The Morgan fingerprint density at radius 1 is 1.31 bits per heavy atom. The largest absolute Gasteiger partial charge is 0.481 e. The van der Waals surface area contributed by atoms with Crippen molar-refractivity contribution in [2.75, 3.05) is 0 Å². The Kier molecular flexibility index (Phi) is 5.84. The predicted molar refractivity (Wildman–Crippen MR) is 55.9 cm³/mol. The molecule has 0 bridgehead atoms. The number of carbonyl (C=O) groups is 3. The molecule has 1 unspecified atom stereocenters. The molecule has 0 aromatic rings. The van der Waals surface area contributed by atoms with Gasteiger partial charge < -0.3 is 15.5 Å². The van der Waals surface area contributed by atoms with E-state index in [-0.39, 0.29) is 0 Å². The highest BCUT2D eigenvalue weighted by Crippen LogP contribution is 1.99. The predicted octanol–water partition coefficient (Wildman–Crippen LogP) is 0.387. The Morgan fingerprint density at radius 3 is 2.25 bits per heavy atom. The summed E-state index contributed by atoms with van der Waals surface area (Å²) in [7, 11) is 0. The van der Waals surface area contributed by atoms with Crippen molar-refractivity contribution in [3.63, 3.8) is 0 Å². The van der Waals surface area contributed by atoms with Gasteiger partial charge in [0, 0.05) is 5.57 Å². The number of carboxylic acid groups (broad SMARTS) is 2. The molecule has 6 nitrogen and oxygen atoms in total. The summed E-state index contributed by atoms with van der Waals surface area (Å²) in [4.78, 5) is 32.4. The topological polar surface area (TPSA) is 104 Å². The Morgan fingerprint density at radius 2 is 1.88 bits per heavy atom. The highest BCUT2D eigenvalue weighted by molar-refractivity contribution is 5.96. The first-order chi connectivity index (χ1) is 7.38. The van der Waals surface area contributed by atoms with Gasteiger partial charge in [0.2, 0.25) is 5.91 Å². The van der Waals surface area contributed by atoms with E-state index >= 15 is 0 Å². The van der Waals surface area contributed by atoms with Crippen LogP contribution in [0.25, 0.3) is 0 Å². The first-order valence-corrected chi connectivity index (χ1v) is 4.80. The van der Waals surface area contributed by atoms with E-state index in [0.717, 1.165) is 0 Å². The van der Waals surface area contributed by atoms with Gasteiger partial charge in [0.15, 0.2) is 0 Å². The molecule has 1 amide bonds. The van der Waals surface area contributed by atoms with Gasteiger partial charge in [-0.1, -0.05) is 13.0 Å². The summed E-state index contributed by atoms with van der Waals surface area (Å²) in [5.74, 6) is -3.19. The second-order valence-electron chi connectivity index (χ2n) is 3.26. The summed E-state index contributed by atoms with van der Waals surface area (Å²) in [6, 6.07) is -1.40. The second-order valence-corrected chi connectivity index (χ2v) is 3.26. The lowest BCUT2D eigenvalue weighted by Gasteiger charge is -2.12. The Balaban J connectivity index is 4.52. The number of hydrogen-bond acceptors (Lipinski definition) is 3. The molecule has 0 aliphatic rings. The van der Waals surface area contributed by atoms with Gasteiger partial charge in [-0.05, 0) is 13.3 Å². The van der Waals surface area contributed by atoms with E-state index in [2.05, 4.69) is 5.32 Å². The van der Waals surface area contributed by atoms with Crippen molar-refractivity contribution >= 4 is 17.8 Å². The Bertz CT molecular complexity index is 321. The van der Waals surface area contributed by atoms with E-state index in [0.29, 0.717) is 12.0 Å². The molecule has 0 aliphatic carbocycles. The molecule has 0 spiro atoms. The van der Waals surface area contributed by atoms with Crippen molar-refractivity contribution in [1.29, 1.82) is 0 Å². The highest BCUT2D eigenvalue weighted by atomic mass is 16.4. The van der Waals surface area contributed by atoms with Crippen molar-refractivity contribution in [2.24, 2.45) is 0 Å². The molecule has 0 saturated carbocycles. The van der Waals surface area contributed by atoms with Crippen LogP contribution in [-0.2, 0) is 14.4 Å². The SMILES string of the molecule is CC/C=C(/C)C(=O)NC(CC(=O)O)C(=O)O. The van der Waals surface area contributed by atoms with E-state index in [1.165, 1.54) is 0 Å². The minimum absolute atomic E-state index is 0.374. The zero-order valence-corrected chi connectivity index (χ0v) is 9.19. The zero-order valence-electron chi connectivity index (χ0n) is 9.19. The van der Waals surface area contributed by atoms with Crippen molar-refractivity contribution in [3.8, 4) is 0 Å². The first-order valence-electron chi connectivity index (χ1n) is 4.80. The molecule has 0 radical (unpaired) electrons. The maximum Gasteiger partial charge on any atom is 0.326 e. The maximum absolute atomic E-state index is 11.4. The quantitative estimate of drug-likeness (QED) is 0.571. The number of aliphatic carboxylic acids is 2. The van der Waals surface area contributed by atoms with Gasteiger partial charge in [0.05, 0.1) is 6.42 Å². The van der Waals surface area contributed by atoms with E-state index in [9.17, 15) is 14.4 Å². The molecule has 0 aromatic heterocycles. The molecule has 0 fully saturated rings. The van der Waals surface area contributed by atoms with Gasteiger partial charge in [0.25, 0.3) is 0 Å². The number of rotatable bonds is 6. The highest BCUT2D eigenvalue weighted by Gasteiger charge is 2.23. The van der Waals surface area contributed by atoms with Crippen molar-refractivity contribution in [1.82, 2.24) is 5.32 Å². The number of hydrogen-bond donors (Lipinski definition) is 3. The lowest BCUT2D eigenvalue weighted by Crippen LogP contribution is -2.42. The second kappa shape index (κ2) is 6.60. The van der Waals surface area contributed by atoms with Crippen LogP contribution in [0.1, 0.15) is 26.7 Å². The molecule has 0 rings (SSSR count). The number of allylic oxidation sites excluding steroid dienone is 1. The summed E-state index contributed by atoms with van der Waals surface area (Å²) in [6.07, 6.45) is 1.64. The van der Waals surface area contributed by atoms with Gasteiger partial charge in [-0.15, -0.1) is 0 Å². The third-order valence-corrected chi connectivity index (χ3v) is 1.85. The average Bonchev–Trinajstić information content (AvgIpc) is 2.16. The molecule has 0 aliphatic heterocycles. The summed E-state index contributed by atoms with van der Waals surface area (Å²) >= 11 is 0. The van der Waals surface area contributed by atoms with Gasteiger partial charge >= 0.3 is 11.9 Å². The third-order valence-electron chi connectivity index (χ3n) is 1.85. The standard InChI is InChI=1S/C10H15NO5/c1-3-4-6(2)9(14)11-7(10(15)16)5-8(12)13/h4,7H,3,5H2,1-2H3,(H,11,14)(H,12,13)(H,15,16)/b6-4-. The number of carbonyl (C=O) groups excluding carboxylic acids is 1. The summed E-state index contributed by atoms with van der Waals surface area (Å²) in [6.45, 7) is 3.38. The van der Waals surface area contributed by atoms with Crippen LogP contribution in [0.5, 0.6) is 0 Å². The summed E-state index contributed by atoms with van der Waals surface area (Å²) in [5.41, 5.74) is 0.374. The Hall–Kier alpha value is -1.85. The Labute approximate surface area is 93.0 Å². The van der Waals surface area contributed by atoms with E-state index < -0.39 is 30.3 Å². The molecule has 0 heterocycles. The minimum Gasteiger partial charge on any atom is -0.481 e. The molecule has 1 atom stereocenters. The van der Waals surface area contributed by atoms with Crippen LogP contribution >= 0.6 is 0 Å². The molecule has 3 N–H and O–H groups in total. The molecule has 16 heavy (non-hydrogen) atoms. The van der Waals surface area contributed by atoms with Crippen LogP contribution in [0.4, 0.5) is 0 Å². The molecular formula is C10H15NO5. The average molecular weight is 229 g/mol. The lowest BCUT2D eigenvalue weighted by molar-refractivity contribution is -0.146. The fraction of sp³-hybridized carbons (Fsp3) is 0.500. The van der Waals surface area contributed by atoms with Gasteiger partial charge in [0.1, 0.15) is 6.04 Å². The van der Waals surface area contributed by atoms with Crippen LogP contribution in [0.2, 0.25) is 0 Å². The monoisotopic (exact) mass is 229 g/mol. The molecule has 6 heteroatoms.